The summed E-state index contributed by atoms with van der Waals surface area (Å²) in [5.74, 6) is 0. The molecule has 52 valence electrons. The van der Waals surface area contributed by atoms with E-state index in [9.17, 15) is 0 Å². The second kappa shape index (κ2) is 1.96. The quantitative estimate of drug-likeness (QED) is 0.469. The van der Waals surface area contributed by atoms with Crippen molar-refractivity contribution in [3.63, 3.8) is 0 Å². The topological polar surface area (TPSA) is 12.5 Å². The van der Waals surface area contributed by atoms with Crippen LogP contribution in [0.25, 0.3) is 0 Å². The molecule has 0 N–H and O–H groups in total. The smallest absolute Gasteiger partial charge is 0.0703 e. The molecule has 0 saturated carbocycles. The molecular weight excluding hydrogens is 114 g/mol. The standard InChI is InChI=1S/C7H13NO/c1-8-4-7-3-2-6(8)5-9-7/h6-7H,2-5H2,1H3/t6-,7-/m1/s1. The van der Waals surface area contributed by atoms with Crippen LogP contribution in [0, 0.1) is 0 Å². The lowest BCUT2D eigenvalue weighted by atomic mass is 9.98. The molecule has 0 radical (unpaired) electrons. The molecule has 0 aromatic carbocycles. The molecule has 0 aliphatic carbocycles. The van der Waals surface area contributed by atoms with Gasteiger partial charge in [-0.1, -0.05) is 0 Å². The molecule has 0 amide bonds. The Kier molecular flexibility index (Phi) is 1.24. The number of ether oxygens (including phenoxy) is 1. The number of rotatable bonds is 0. The first-order valence-electron chi connectivity index (χ1n) is 3.68. The number of likely N-dealkylation sites (N-methyl/N-ethyl adjacent to an activating group) is 1. The number of nitrogens with zero attached hydrogens (tertiary/aromatic N) is 1. The summed E-state index contributed by atoms with van der Waals surface area (Å²) in [6.07, 6.45) is 3.19. The Balaban J connectivity index is 2.06. The highest BCUT2D eigenvalue weighted by molar-refractivity contribution is 4.84. The second-order valence-corrected chi connectivity index (χ2v) is 3.13. The van der Waals surface area contributed by atoms with Gasteiger partial charge in [0.1, 0.15) is 0 Å². The third-order valence-corrected chi connectivity index (χ3v) is 2.46. The minimum absolute atomic E-state index is 0.556. The van der Waals surface area contributed by atoms with Crippen LogP contribution >= 0.6 is 0 Å². The molecule has 3 fully saturated rings. The van der Waals surface area contributed by atoms with E-state index >= 15 is 0 Å². The lowest BCUT2D eigenvalue weighted by Gasteiger charge is -2.43. The molecule has 3 heterocycles. The molecule has 0 spiro atoms. The molecule has 2 heteroatoms. The zero-order valence-corrected chi connectivity index (χ0v) is 5.84. The minimum atomic E-state index is 0.556. The first-order chi connectivity index (χ1) is 4.36. The maximum Gasteiger partial charge on any atom is 0.0703 e. The van der Waals surface area contributed by atoms with Crippen LogP contribution in [0.2, 0.25) is 0 Å². The number of hydrogen-bond acceptors (Lipinski definition) is 2. The summed E-state index contributed by atoms with van der Waals surface area (Å²) in [6, 6.07) is 0.731. The molecule has 9 heavy (non-hydrogen) atoms. The third-order valence-electron chi connectivity index (χ3n) is 2.46. The van der Waals surface area contributed by atoms with Crippen molar-refractivity contribution in [2.24, 2.45) is 0 Å². The summed E-state index contributed by atoms with van der Waals surface area (Å²) < 4.78 is 5.51. The number of fused-ring (bicyclic) bond motifs is 3. The summed E-state index contributed by atoms with van der Waals surface area (Å²) in [7, 11) is 2.19. The van der Waals surface area contributed by atoms with Gasteiger partial charge in [0.05, 0.1) is 12.7 Å². The molecule has 0 aromatic rings. The number of piperidine rings is 1. The van der Waals surface area contributed by atoms with E-state index < -0.39 is 0 Å². The van der Waals surface area contributed by atoms with Crippen molar-refractivity contribution in [2.45, 2.75) is 25.0 Å². The van der Waals surface area contributed by atoms with Crippen LogP contribution in [-0.4, -0.2) is 37.2 Å². The Labute approximate surface area is 55.8 Å². The molecule has 3 aliphatic heterocycles. The van der Waals surface area contributed by atoms with Crippen molar-refractivity contribution < 1.29 is 4.74 Å². The van der Waals surface area contributed by atoms with Gasteiger partial charge in [0.25, 0.3) is 0 Å². The highest BCUT2D eigenvalue weighted by Crippen LogP contribution is 2.24. The predicted molar refractivity (Wildman–Crippen MR) is 35.4 cm³/mol. The Morgan fingerprint density at radius 2 is 2.33 bits per heavy atom. The van der Waals surface area contributed by atoms with Gasteiger partial charge in [-0.3, -0.25) is 4.90 Å². The molecule has 2 bridgehead atoms. The van der Waals surface area contributed by atoms with E-state index in [4.69, 9.17) is 4.74 Å². The van der Waals surface area contributed by atoms with Gasteiger partial charge in [-0.25, -0.2) is 0 Å². The summed E-state index contributed by atoms with van der Waals surface area (Å²) >= 11 is 0. The monoisotopic (exact) mass is 127 g/mol. The average Bonchev–Trinajstić information content (AvgIpc) is 1.90. The van der Waals surface area contributed by atoms with Gasteiger partial charge in [-0.15, -0.1) is 0 Å². The van der Waals surface area contributed by atoms with Gasteiger partial charge in [-0.05, 0) is 19.9 Å². The number of morpholine rings is 1. The van der Waals surface area contributed by atoms with Gasteiger partial charge in [-0.2, -0.15) is 0 Å². The third kappa shape index (κ3) is 0.864. The highest BCUT2D eigenvalue weighted by atomic mass is 16.5. The van der Waals surface area contributed by atoms with E-state index in [2.05, 4.69) is 11.9 Å². The van der Waals surface area contributed by atoms with Crippen molar-refractivity contribution in [3.05, 3.63) is 0 Å². The molecule has 3 saturated heterocycles. The minimum Gasteiger partial charge on any atom is -0.375 e. The van der Waals surface area contributed by atoms with E-state index in [1.54, 1.807) is 0 Å². The zero-order chi connectivity index (χ0) is 6.27. The Hall–Kier alpha value is -0.0800. The normalized spacial score (nSPS) is 43.7. The fraction of sp³-hybridized carbons (Fsp3) is 1.00. The second-order valence-electron chi connectivity index (χ2n) is 3.13. The van der Waals surface area contributed by atoms with E-state index in [-0.39, 0.29) is 0 Å². The first-order valence-corrected chi connectivity index (χ1v) is 3.68. The lowest BCUT2D eigenvalue weighted by Crippen LogP contribution is -2.52. The molecule has 3 aliphatic rings. The highest BCUT2D eigenvalue weighted by Gasteiger charge is 2.31. The van der Waals surface area contributed by atoms with E-state index in [0.29, 0.717) is 6.10 Å². The molecule has 3 rings (SSSR count). The summed E-state index contributed by atoms with van der Waals surface area (Å²) in [5, 5.41) is 0. The summed E-state index contributed by atoms with van der Waals surface area (Å²) in [5.41, 5.74) is 0. The van der Waals surface area contributed by atoms with Crippen LogP contribution in [0.1, 0.15) is 12.8 Å². The lowest BCUT2D eigenvalue weighted by molar-refractivity contribution is -0.0962. The van der Waals surface area contributed by atoms with Gasteiger partial charge in [0.15, 0.2) is 0 Å². The maximum atomic E-state index is 5.51. The molecular formula is C7H13NO. The first kappa shape index (κ1) is 5.69. The molecule has 2 nitrogen and oxygen atoms in total. The van der Waals surface area contributed by atoms with Crippen LogP contribution in [-0.2, 0) is 4.74 Å². The van der Waals surface area contributed by atoms with Crippen LogP contribution < -0.4 is 0 Å². The van der Waals surface area contributed by atoms with Crippen LogP contribution in [0.4, 0.5) is 0 Å². The van der Waals surface area contributed by atoms with Crippen molar-refractivity contribution in [1.82, 2.24) is 4.90 Å². The zero-order valence-electron chi connectivity index (χ0n) is 5.84. The molecule has 0 aromatic heterocycles. The molecule has 2 atom stereocenters. The van der Waals surface area contributed by atoms with Crippen molar-refractivity contribution >= 4 is 0 Å². The number of hydrogen-bond donors (Lipinski definition) is 0. The van der Waals surface area contributed by atoms with Crippen molar-refractivity contribution in [3.8, 4) is 0 Å². The van der Waals surface area contributed by atoms with Crippen LogP contribution in [0.15, 0.2) is 0 Å². The van der Waals surface area contributed by atoms with Gasteiger partial charge >= 0.3 is 0 Å². The fourth-order valence-electron chi connectivity index (χ4n) is 1.75. The van der Waals surface area contributed by atoms with Crippen LogP contribution in [0.5, 0.6) is 0 Å². The van der Waals surface area contributed by atoms with Crippen LogP contribution in [0.3, 0.4) is 0 Å². The Morgan fingerprint density at radius 1 is 1.44 bits per heavy atom. The Morgan fingerprint density at radius 3 is 2.56 bits per heavy atom. The van der Waals surface area contributed by atoms with E-state index in [1.165, 1.54) is 12.8 Å². The predicted octanol–water partition coefficient (Wildman–Crippen LogP) is 0.479. The maximum absolute atomic E-state index is 5.51. The summed E-state index contributed by atoms with van der Waals surface area (Å²) in [4.78, 5) is 2.41. The van der Waals surface area contributed by atoms with Gasteiger partial charge < -0.3 is 4.74 Å². The van der Waals surface area contributed by atoms with Gasteiger partial charge in [0.2, 0.25) is 0 Å². The van der Waals surface area contributed by atoms with Gasteiger partial charge in [0, 0.05) is 12.6 Å². The van der Waals surface area contributed by atoms with Crippen molar-refractivity contribution in [1.29, 1.82) is 0 Å². The fourth-order valence-corrected chi connectivity index (χ4v) is 1.75. The average molecular weight is 127 g/mol. The molecule has 0 unspecified atom stereocenters. The van der Waals surface area contributed by atoms with E-state index in [1.807, 2.05) is 0 Å². The largest absolute Gasteiger partial charge is 0.375 e. The summed E-state index contributed by atoms with van der Waals surface area (Å²) in [6.45, 7) is 2.13. The van der Waals surface area contributed by atoms with E-state index in [0.717, 1.165) is 19.2 Å². The van der Waals surface area contributed by atoms with Crippen molar-refractivity contribution in [2.75, 3.05) is 20.2 Å². The Bertz CT molecular complexity index is 107. The SMILES string of the molecule is CN1C[C@H]2CC[C@@H]1CO2.